The first kappa shape index (κ1) is 15.2. The van der Waals surface area contributed by atoms with E-state index in [9.17, 15) is 12.8 Å². The molecular weight excluding hydrogens is 293 g/mol. The van der Waals surface area contributed by atoms with Crippen molar-refractivity contribution in [3.05, 3.63) is 48.4 Å². The van der Waals surface area contributed by atoms with Crippen LogP contribution in [0.25, 0.3) is 0 Å². The van der Waals surface area contributed by atoms with Crippen LogP contribution in [0.3, 0.4) is 0 Å². The quantitative estimate of drug-likeness (QED) is 0.860. The minimum Gasteiger partial charge on any atom is -0.352 e. The van der Waals surface area contributed by atoms with E-state index >= 15 is 0 Å². The van der Waals surface area contributed by atoms with Crippen LogP contribution in [0.15, 0.2) is 42.6 Å². The minimum absolute atomic E-state index is 0.0455. The fraction of sp³-hybridized carbons (Fsp3) is 0.214. The van der Waals surface area contributed by atoms with Crippen LogP contribution in [-0.4, -0.2) is 19.2 Å². The number of sulfonamides is 1. The van der Waals surface area contributed by atoms with Crippen molar-refractivity contribution in [3.8, 4) is 0 Å². The van der Waals surface area contributed by atoms with Crippen LogP contribution in [0.2, 0.25) is 0 Å². The van der Waals surface area contributed by atoms with Gasteiger partial charge in [0, 0.05) is 0 Å². The highest BCUT2D eigenvalue weighted by Gasteiger charge is 2.09. The Balaban J connectivity index is 2.08. The molecule has 0 bridgehead atoms. The van der Waals surface area contributed by atoms with Gasteiger partial charge >= 0.3 is 0 Å². The first-order valence-corrected chi connectivity index (χ1v) is 8.13. The normalized spacial score (nSPS) is 11.1. The molecule has 0 aliphatic rings. The summed E-state index contributed by atoms with van der Waals surface area (Å²) < 4.78 is 39.1. The summed E-state index contributed by atoms with van der Waals surface area (Å²) >= 11 is 0. The van der Waals surface area contributed by atoms with Crippen molar-refractivity contribution in [1.82, 2.24) is 4.98 Å². The van der Waals surface area contributed by atoms with Crippen LogP contribution in [0.5, 0.6) is 0 Å². The number of nitrogens with zero attached hydrogens (tertiary/aromatic N) is 1. The summed E-state index contributed by atoms with van der Waals surface area (Å²) in [5, 5.41) is 2.87. The van der Waals surface area contributed by atoms with Gasteiger partial charge in [0.1, 0.15) is 11.6 Å². The van der Waals surface area contributed by atoms with Crippen LogP contribution in [0.4, 0.5) is 21.6 Å². The van der Waals surface area contributed by atoms with Gasteiger partial charge in [-0.15, -0.1) is 0 Å². The van der Waals surface area contributed by atoms with Crippen molar-refractivity contribution in [3.63, 3.8) is 0 Å². The van der Waals surface area contributed by atoms with Gasteiger partial charge in [0.2, 0.25) is 10.0 Å². The summed E-state index contributed by atoms with van der Waals surface area (Å²) in [5.41, 5.74) is 0.900. The average molecular weight is 309 g/mol. The lowest BCUT2D eigenvalue weighted by atomic mass is 10.3. The Morgan fingerprint density at radius 3 is 2.57 bits per heavy atom. The Labute approximate surface area is 123 Å². The zero-order valence-electron chi connectivity index (χ0n) is 11.5. The zero-order chi connectivity index (χ0) is 15.3. The molecular formula is C14H16FN3O2S. The highest BCUT2D eigenvalue weighted by Crippen LogP contribution is 2.19. The third-order valence-corrected chi connectivity index (χ3v) is 4.12. The summed E-state index contributed by atoms with van der Waals surface area (Å²) in [6.07, 6.45) is 1.97. The summed E-state index contributed by atoms with van der Waals surface area (Å²) in [5.74, 6) is -0.0862. The highest BCUT2D eigenvalue weighted by molar-refractivity contribution is 7.92. The molecule has 0 saturated heterocycles. The van der Waals surface area contributed by atoms with Crippen molar-refractivity contribution in [2.75, 3.05) is 15.8 Å². The Bertz CT molecular complexity index is 702. The zero-order valence-corrected chi connectivity index (χ0v) is 12.3. The molecule has 0 aliphatic carbocycles. The van der Waals surface area contributed by atoms with E-state index in [1.165, 1.54) is 18.3 Å². The lowest BCUT2D eigenvalue weighted by Crippen LogP contribution is -2.16. The van der Waals surface area contributed by atoms with Gasteiger partial charge in [0.05, 0.1) is 23.3 Å². The number of hydrogen-bond acceptors (Lipinski definition) is 4. The number of hydrogen-bond donors (Lipinski definition) is 2. The molecule has 0 atom stereocenters. The monoisotopic (exact) mass is 309 g/mol. The van der Waals surface area contributed by atoms with Crippen molar-refractivity contribution in [2.45, 2.75) is 13.3 Å². The summed E-state index contributed by atoms with van der Waals surface area (Å²) in [4.78, 5) is 4.00. The molecule has 1 aromatic heterocycles. The van der Waals surface area contributed by atoms with Crippen LogP contribution in [0, 0.1) is 5.82 Å². The summed E-state index contributed by atoms with van der Waals surface area (Å²) in [6.45, 7) is 1.79. The second kappa shape index (κ2) is 6.53. The van der Waals surface area contributed by atoms with Crippen molar-refractivity contribution in [1.29, 1.82) is 0 Å². The molecule has 0 spiro atoms. The third-order valence-electron chi connectivity index (χ3n) is 2.65. The van der Waals surface area contributed by atoms with Gasteiger partial charge in [0.15, 0.2) is 0 Å². The van der Waals surface area contributed by atoms with Crippen LogP contribution in [-0.2, 0) is 10.0 Å². The van der Waals surface area contributed by atoms with E-state index in [0.717, 1.165) is 0 Å². The Morgan fingerprint density at radius 2 is 1.95 bits per heavy atom. The van der Waals surface area contributed by atoms with Gasteiger partial charge in [-0.05, 0) is 30.7 Å². The van der Waals surface area contributed by atoms with E-state index < -0.39 is 10.0 Å². The van der Waals surface area contributed by atoms with E-state index in [2.05, 4.69) is 15.0 Å². The molecule has 1 heterocycles. The fourth-order valence-electron chi connectivity index (χ4n) is 1.73. The maximum absolute atomic E-state index is 13.5. The summed E-state index contributed by atoms with van der Waals surface area (Å²) in [7, 11) is -3.36. The Kier molecular flexibility index (Phi) is 4.74. The summed E-state index contributed by atoms with van der Waals surface area (Å²) in [6, 6.07) is 9.42. The van der Waals surface area contributed by atoms with Gasteiger partial charge < -0.3 is 5.32 Å². The third kappa shape index (κ3) is 4.42. The van der Waals surface area contributed by atoms with E-state index in [1.54, 1.807) is 31.2 Å². The Morgan fingerprint density at radius 1 is 1.19 bits per heavy atom. The maximum atomic E-state index is 13.5. The molecule has 21 heavy (non-hydrogen) atoms. The molecule has 0 aliphatic heterocycles. The molecule has 112 valence electrons. The SMILES string of the molecule is CCCS(=O)(=O)Nc1ccc(Nc2ccccc2F)cn1. The van der Waals surface area contributed by atoms with Gasteiger partial charge in [-0.2, -0.15) is 0 Å². The largest absolute Gasteiger partial charge is 0.352 e. The number of halogens is 1. The molecule has 2 rings (SSSR count). The number of para-hydroxylation sites is 1. The molecule has 0 saturated carbocycles. The molecule has 2 aromatic rings. The van der Waals surface area contributed by atoms with Crippen molar-refractivity contribution >= 4 is 27.2 Å². The number of aromatic nitrogens is 1. The number of nitrogens with one attached hydrogen (secondary N) is 2. The minimum atomic E-state index is -3.36. The standard InChI is InChI=1S/C14H16FN3O2S/c1-2-9-21(19,20)18-14-8-7-11(10-16-14)17-13-6-4-3-5-12(13)15/h3-8,10,17H,2,9H2,1H3,(H,16,18). The molecule has 7 heteroatoms. The number of benzene rings is 1. The van der Waals surface area contributed by atoms with E-state index in [-0.39, 0.29) is 17.4 Å². The molecule has 5 nitrogen and oxygen atoms in total. The first-order valence-electron chi connectivity index (χ1n) is 6.48. The predicted octanol–water partition coefficient (Wildman–Crippen LogP) is 3.12. The maximum Gasteiger partial charge on any atom is 0.233 e. The Hall–Kier alpha value is -2.15. The lowest BCUT2D eigenvalue weighted by molar-refractivity contribution is 0.599. The molecule has 2 N–H and O–H groups in total. The van der Waals surface area contributed by atoms with Crippen LogP contribution in [0.1, 0.15) is 13.3 Å². The molecule has 0 fully saturated rings. The lowest BCUT2D eigenvalue weighted by Gasteiger charge is -2.09. The number of rotatable bonds is 6. The smallest absolute Gasteiger partial charge is 0.233 e. The van der Waals surface area contributed by atoms with Gasteiger partial charge in [-0.25, -0.2) is 17.8 Å². The number of pyridine rings is 1. The average Bonchev–Trinajstić information content (AvgIpc) is 2.43. The second-order valence-corrected chi connectivity index (χ2v) is 6.30. The van der Waals surface area contributed by atoms with E-state index in [0.29, 0.717) is 17.8 Å². The fourth-order valence-corrected chi connectivity index (χ4v) is 2.80. The molecule has 0 unspecified atom stereocenters. The molecule has 0 radical (unpaired) electrons. The van der Waals surface area contributed by atoms with Gasteiger partial charge in [-0.3, -0.25) is 4.72 Å². The second-order valence-electron chi connectivity index (χ2n) is 4.46. The molecule has 1 aromatic carbocycles. The van der Waals surface area contributed by atoms with E-state index in [1.807, 2.05) is 0 Å². The first-order chi connectivity index (χ1) is 10.00. The topological polar surface area (TPSA) is 71.1 Å². The van der Waals surface area contributed by atoms with Gasteiger partial charge in [-0.1, -0.05) is 19.1 Å². The van der Waals surface area contributed by atoms with Crippen LogP contribution >= 0.6 is 0 Å². The van der Waals surface area contributed by atoms with Crippen molar-refractivity contribution in [2.24, 2.45) is 0 Å². The molecule has 0 amide bonds. The predicted molar refractivity (Wildman–Crippen MR) is 81.6 cm³/mol. The van der Waals surface area contributed by atoms with E-state index in [4.69, 9.17) is 0 Å². The van der Waals surface area contributed by atoms with Crippen LogP contribution < -0.4 is 10.0 Å². The number of anilines is 3. The highest BCUT2D eigenvalue weighted by atomic mass is 32.2. The van der Waals surface area contributed by atoms with Gasteiger partial charge in [0.25, 0.3) is 0 Å². The van der Waals surface area contributed by atoms with Crippen molar-refractivity contribution < 1.29 is 12.8 Å².